The molecule has 0 spiro atoms. The van der Waals surface area contributed by atoms with E-state index in [4.69, 9.17) is 16.0 Å². The van der Waals surface area contributed by atoms with Crippen LogP contribution in [-0.2, 0) is 16.0 Å². The number of carbonyl (C=O) groups is 2. The first-order valence-corrected chi connectivity index (χ1v) is 7.33. The molecule has 1 aromatic carbocycles. The van der Waals surface area contributed by atoms with Crippen LogP contribution in [0.25, 0.3) is 0 Å². The predicted molar refractivity (Wildman–Crippen MR) is 86.1 cm³/mol. The third kappa shape index (κ3) is 5.43. The summed E-state index contributed by atoms with van der Waals surface area (Å²) in [5, 5.41) is 15.6. The van der Waals surface area contributed by atoms with E-state index in [0.29, 0.717) is 16.5 Å². The molecular formula is C16H17ClN2O4. The van der Waals surface area contributed by atoms with Gasteiger partial charge in [-0.3, -0.25) is 9.59 Å². The summed E-state index contributed by atoms with van der Waals surface area (Å²) >= 11 is 5.74. The molecule has 3 N–H and O–H groups in total. The fraction of sp³-hybridized carbons (Fsp3) is 0.250. The van der Waals surface area contributed by atoms with Crippen molar-refractivity contribution in [3.8, 4) is 0 Å². The Hall–Kier alpha value is -2.31. The van der Waals surface area contributed by atoms with Crippen LogP contribution in [0.2, 0.25) is 5.02 Å². The average Bonchev–Trinajstić information content (AvgIpc) is 2.99. The fourth-order valence-electron chi connectivity index (χ4n) is 1.92. The van der Waals surface area contributed by atoms with E-state index in [9.17, 15) is 14.7 Å². The van der Waals surface area contributed by atoms with Crippen LogP contribution >= 0.6 is 11.6 Å². The summed E-state index contributed by atoms with van der Waals surface area (Å²) < 4.78 is 5.15. The highest BCUT2D eigenvalue weighted by atomic mass is 35.5. The van der Waals surface area contributed by atoms with E-state index >= 15 is 0 Å². The number of furan rings is 1. The molecule has 1 heterocycles. The summed E-state index contributed by atoms with van der Waals surface area (Å²) in [7, 11) is 0. The van der Waals surface area contributed by atoms with Gasteiger partial charge in [0.15, 0.2) is 0 Å². The van der Waals surface area contributed by atoms with Crippen molar-refractivity contribution in [1.82, 2.24) is 5.32 Å². The van der Waals surface area contributed by atoms with Gasteiger partial charge in [-0.05, 0) is 43.3 Å². The minimum Gasteiger partial charge on any atom is -0.469 e. The third-order valence-electron chi connectivity index (χ3n) is 3.07. The molecule has 0 aliphatic carbocycles. The molecule has 122 valence electrons. The molecule has 0 aliphatic rings. The fourth-order valence-corrected chi connectivity index (χ4v) is 2.05. The summed E-state index contributed by atoms with van der Waals surface area (Å²) in [5.74, 6) is -1.06. The number of rotatable bonds is 5. The molecule has 2 amide bonds. The van der Waals surface area contributed by atoms with Gasteiger partial charge in [0.1, 0.15) is 5.76 Å². The standard InChI is InChI=1S/C16H17ClN2O4/c1-16(22,9-13-3-2-8-23-13)10-18-14(20)15(21)19-12-6-4-11(17)5-7-12/h2-8,22H,9-10H2,1H3,(H,18,20)(H,19,21). The molecule has 0 saturated heterocycles. The second-order valence-electron chi connectivity index (χ2n) is 5.40. The molecule has 0 radical (unpaired) electrons. The van der Waals surface area contributed by atoms with Gasteiger partial charge in [-0.25, -0.2) is 0 Å². The highest BCUT2D eigenvalue weighted by molar-refractivity contribution is 6.39. The first kappa shape index (κ1) is 17.1. The Morgan fingerprint density at radius 3 is 2.52 bits per heavy atom. The Labute approximate surface area is 138 Å². The number of halogens is 1. The number of aliphatic hydroxyl groups is 1. The molecule has 1 atom stereocenters. The van der Waals surface area contributed by atoms with Crippen LogP contribution in [0.1, 0.15) is 12.7 Å². The molecule has 1 unspecified atom stereocenters. The molecule has 23 heavy (non-hydrogen) atoms. The van der Waals surface area contributed by atoms with Crippen LogP contribution in [0.15, 0.2) is 47.1 Å². The van der Waals surface area contributed by atoms with Gasteiger partial charge in [-0.2, -0.15) is 0 Å². The number of hydrogen-bond donors (Lipinski definition) is 3. The lowest BCUT2D eigenvalue weighted by molar-refractivity contribution is -0.136. The zero-order valence-corrected chi connectivity index (χ0v) is 13.3. The smallest absolute Gasteiger partial charge is 0.313 e. The predicted octanol–water partition coefficient (Wildman–Crippen LogP) is 1.98. The van der Waals surface area contributed by atoms with Crippen molar-refractivity contribution in [2.75, 3.05) is 11.9 Å². The van der Waals surface area contributed by atoms with Gasteiger partial charge in [-0.15, -0.1) is 0 Å². The maximum absolute atomic E-state index is 11.8. The number of nitrogens with one attached hydrogen (secondary N) is 2. The number of amides is 2. The summed E-state index contributed by atoms with van der Waals surface area (Å²) in [4.78, 5) is 23.6. The highest BCUT2D eigenvalue weighted by Crippen LogP contribution is 2.14. The summed E-state index contributed by atoms with van der Waals surface area (Å²) in [6, 6.07) is 9.81. The van der Waals surface area contributed by atoms with Gasteiger partial charge in [0, 0.05) is 23.7 Å². The van der Waals surface area contributed by atoms with Crippen molar-refractivity contribution in [2.24, 2.45) is 0 Å². The molecule has 0 aliphatic heterocycles. The first-order valence-electron chi connectivity index (χ1n) is 6.95. The van der Waals surface area contributed by atoms with Crippen LogP contribution in [0, 0.1) is 0 Å². The second kappa shape index (κ2) is 7.30. The molecule has 1 aromatic heterocycles. The van der Waals surface area contributed by atoms with E-state index in [1.165, 1.54) is 6.26 Å². The van der Waals surface area contributed by atoms with Crippen LogP contribution in [0.3, 0.4) is 0 Å². The number of benzene rings is 1. The topological polar surface area (TPSA) is 91.6 Å². The Morgan fingerprint density at radius 2 is 1.91 bits per heavy atom. The van der Waals surface area contributed by atoms with Gasteiger partial charge >= 0.3 is 11.8 Å². The lowest BCUT2D eigenvalue weighted by Gasteiger charge is -2.22. The highest BCUT2D eigenvalue weighted by Gasteiger charge is 2.25. The van der Waals surface area contributed by atoms with Crippen molar-refractivity contribution < 1.29 is 19.1 Å². The van der Waals surface area contributed by atoms with Crippen molar-refractivity contribution in [3.05, 3.63) is 53.4 Å². The Bertz CT molecular complexity index is 666. The van der Waals surface area contributed by atoms with Gasteiger partial charge in [0.05, 0.1) is 11.9 Å². The van der Waals surface area contributed by atoms with Crippen molar-refractivity contribution in [1.29, 1.82) is 0 Å². The van der Waals surface area contributed by atoms with E-state index in [-0.39, 0.29) is 13.0 Å². The van der Waals surface area contributed by atoms with E-state index in [1.54, 1.807) is 43.3 Å². The lowest BCUT2D eigenvalue weighted by atomic mass is 10.0. The van der Waals surface area contributed by atoms with Crippen LogP contribution in [0.5, 0.6) is 0 Å². The Morgan fingerprint density at radius 1 is 1.22 bits per heavy atom. The SMILES string of the molecule is CC(O)(CNC(=O)C(=O)Nc1ccc(Cl)cc1)Cc1ccco1. The van der Waals surface area contributed by atoms with Crippen LogP contribution in [-0.4, -0.2) is 29.1 Å². The first-order chi connectivity index (χ1) is 10.9. The van der Waals surface area contributed by atoms with Gasteiger partial charge in [-0.1, -0.05) is 11.6 Å². The van der Waals surface area contributed by atoms with E-state index in [1.807, 2.05) is 0 Å². The second-order valence-corrected chi connectivity index (χ2v) is 5.83. The average molecular weight is 337 g/mol. The monoisotopic (exact) mass is 336 g/mol. The number of carbonyl (C=O) groups excluding carboxylic acids is 2. The van der Waals surface area contributed by atoms with Gasteiger partial charge < -0.3 is 20.2 Å². The largest absolute Gasteiger partial charge is 0.469 e. The number of hydrogen-bond acceptors (Lipinski definition) is 4. The minimum atomic E-state index is -1.23. The molecule has 0 fully saturated rings. The summed E-state index contributed by atoms with van der Waals surface area (Å²) in [6.45, 7) is 1.47. The molecule has 6 nitrogen and oxygen atoms in total. The van der Waals surface area contributed by atoms with Crippen molar-refractivity contribution >= 4 is 29.1 Å². The molecule has 0 bridgehead atoms. The van der Waals surface area contributed by atoms with Gasteiger partial charge in [0.25, 0.3) is 0 Å². The number of anilines is 1. The normalized spacial score (nSPS) is 13.2. The molecular weight excluding hydrogens is 320 g/mol. The summed E-state index contributed by atoms with van der Waals surface area (Å²) in [5.41, 5.74) is -0.773. The molecule has 2 rings (SSSR count). The third-order valence-corrected chi connectivity index (χ3v) is 3.33. The zero-order chi connectivity index (χ0) is 16.9. The molecule has 7 heteroatoms. The summed E-state index contributed by atoms with van der Waals surface area (Å²) in [6.07, 6.45) is 1.72. The Kier molecular flexibility index (Phi) is 5.41. The minimum absolute atomic E-state index is 0.0828. The maximum Gasteiger partial charge on any atom is 0.313 e. The van der Waals surface area contributed by atoms with E-state index in [2.05, 4.69) is 10.6 Å². The molecule has 0 saturated carbocycles. The van der Waals surface area contributed by atoms with E-state index < -0.39 is 17.4 Å². The Balaban J connectivity index is 1.83. The van der Waals surface area contributed by atoms with Gasteiger partial charge in [0.2, 0.25) is 0 Å². The zero-order valence-electron chi connectivity index (χ0n) is 12.5. The van der Waals surface area contributed by atoms with Crippen molar-refractivity contribution in [2.45, 2.75) is 18.9 Å². The quantitative estimate of drug-likeness (QED) is 0.728. The van der Waals surface area contributed by atoms with Crippen LogP contribution < -0.4 is 10.6 Å². The van der Waals surface area contributed by atoms with Crippen LogP contribution in [0.4, 0.5) is 5.69 Å². The van der Waals surface area contributed by atoms with E-state index in [0.717, 1.165) is 0 Å². The maximum atomic E-state index is 11.8. The molecule has 2 aromatic rings. The van der Waals surface area contributed by atoms with Crippen molar-refractivity contribution in [3.63, 3.8) is 0 Å². The lowest BCUT2D eigenvalue weighted by Crippen LogP contribution is -2.45.